The van der Waals surface area contributed by atoms with Crippen LogP contribution in [0.2, 0.25) is 0 Å². The van der Waals surface area contributed by atoms with Crippen LogP contribution >= 0.6 is 0 Å². The van der Waals surface area contributed by atoms with Gasteiger partial charge in [-0.2, -0.15) is 0 Å². The average molecular weight is 703 g/mol. The summed E-state index contributed by atoms with van der Waals surface area (Å²) in [5.74, 6) is -1.57. The Labute approximate surface area is 305 Å². The molecule has 1 N–H and O–H groups in total. The summed E-state index contributed by atoms with van der Waals surface area (Å²) < 4.78 is 17.1. The Bertz CT molecular complexity index is 1010. The summed E-state index contributed by atoms with van der Waals surface area (Å²) in [6, 6.07) is -0.625. The summed E-state index contributed by atoms with van der Waals surface area (Å²) in [6.07, 6.45) is 38.4. The van der Waals surface area contributed by atoms with Gasteiger partial charge in [0.25, 0.3) is 0 Å². The van der Waals surface area contributed by atoms with Crippen molar-refractivity contribution < 1.29 is 38.2 Å². The van der Waals surface area contributed by atoms with Gasteiger partial charge in [0, 0.05) is 19.3 Å². The van der Waals surface area contributed by atoms with Gasteiger partial charge in [0.05, 0.1) is 34.4 Å². The number of hydrogen-bond donors (Lipinski definition) is 1. The summed E-state index contributed by atoms with van der Waals surface area (Å²) in [6.45, 7) is 4.49. The third kappa shape index (κ3) is 31.0. The molecule has 0 aliphatic rings. The molecular weight excluding hydrogens is 630 g/mol. The number of likely N-dealkylation sites (N-methyl/N-ethyl adjacent to an activating group) is 1. The lowest BCUT2D eigenvalue weighted by molar-refractivity contribution is -0.887. The SMILES string of the molecule is CC/C=C/C=C/C=C/C=C/C=C/CCCC(=O)OCC(COCCC(C(=O)O)[N+](C)(C)C)OC(=O)CCCCCCCCCCCCCCC. The molecule has 286 valence electrons. The number of unbranched alkanes of at least 4 members (excludes halogenated alkanes) is 13. The highest BCUT2D eigenvalue weighted by Crippen LogP contribution is 2.14. The minimum atomic E-state index is -0.887. The lowest BCUT2D eigenvalue weighted by Gasteiger charge is -2.31. The Morgan fingerprint density at radius 3 is 1.64 bits per heavy atom. The van der Waals surface area contributed by atoms with Crippen LogP contribution in [-0.2, 0) is 28.6 Å². The first-order chi connectivity index (χ1) is 24.1. The van der Waals surface area contributed by atoms with E-state index in [4.69, 9.17) is 14.2 Å². The van der Waals surface area contributed by atoms with Crippen molar-refractivity contribution in [2.45, 2.75) is 148 Å². The molecule has 0 aliphatic carbocycles. The van der Waals surface area contributed by atoms with Crippen LogP contribution in [0.3, 0.4) is 0 Å². The minimum Gasteiger partial charge on any atom is -0.477 e. The minimum absolute atomic E-state index is 0.0376. The van der Waals surface area contributed by atoms with Crippen molar-refractivity contribution in [2.24, 2.45) is 0 Å². The normalized spacial score (nSPS) is 13.7. The van der Waals surface area contributed by atoms with E-state index in [0.29, 0.717) is 19.3 Å². The number of aliphatic carboxylic acids is 1. The molecule has 0 spiro atoms. The Morgan fingerprint density at radius 1 is 0.620 bits per heavy atom. The second-order valence-corrected chi connectivity index (χ2v) is 13.9. The number of carboxylic acid groups (broad SMARTS) is 1. The maximum absolute atomic E-state index is 12.6. The van der Waals surface area contributed by atoms with Crippen molar-refractivity contribution in [1.82, 2.24) is 0 Å². The van der Waals surface area contributed by atoms with Crippen LogP contribution < -0.4 is 0 Å². The highest BCUT2D eigenvalue weighted by molar-refractivity contribution is 5.72. The van der Waals surface area contributed by atoms with Gasteiger partial charge in [-0.1, -0.05) is 152 Å². The largest absolute Gasteiger partial charge is 0.477 e. The molecule has 8 nitrogen and oxygen atoms in total. The highest BCUT2D eigenvalue weighted by atomic mass is 16.6. The zero-order valence-electron chi connectivity index (χ0n) is 32.3. The number of esters is 2. The molecule has 2 atom stereocenters. The van der Waals surface area contributed by atoms with Crippen LogP contribution in [0, 0.1) is 0 Å². The molecule has 8 heteroatoms. The number of rotatable bonds is 33. The summed E-state index contributed by atoms with van der Waals surface area (Å²) >= 11 is 0. The number of allylic oxidation sites excluding steroid dienone is 10. The van der Waals surface area contributed by atoms with Crippen LogP contribution in [-0.4, -0.2) is 80.6 Å². The maximum Gasteiger partial charge on any atom is 0.362 e. The van der Waals surface area contributed by atoms with Crippen molar-refractivity contribution in [3.63, 3.8) is 0 Å². The molecule has 0 heterocycles. The van der Waals surface area contributed by atoms with Gasteiger partial charge < -0.3 is 23.8 Å². The topological polar surface area (TPSA) is 99.1 Å². The van der Waals surface area contributed by atoms with Crippen LogP contribution in [0.15, 0.2) is 60.8 Å². The van der Waals surface area contributed by atoms with Gasteiger partial charge in [0.2, 0.25) is 0 Å². The van der Waals surface area contributed by atoms with Crippen LogP contribution in [0.4, 0.5) is 0 Å². The van der Waals surface area contributed by atoms with E-state index >= 15 is 0 Å². The predicted octanol–water partition coefficient (Wildman–Crippen LogP) is 9.85. The number of carbonyl (C=O) groups excluding carboxylic acids is 2. The second kappa shape index (κ2) is 33.2. The number of hydrogen-bond acceptors (Lipinski definition) is 6. The first-order valence-corrected chi connectivity index (χ1v) is 19.4. The zero-order chi connectivity index (χ0) is 37.1. The molecule has 0 rings (SSSR count). The van der Waals surface area contributed by atoms with Crippen LogP contribution in [0.1, 0.15) is 136 Å². The molecule has 0 amide bonds. The number of quaternary nitrogens is 1. The van der Waals surface area contributed by atoms with E-state index in [1.54, 1.807) is 0 Å². The summed E-state index contributed by atoms with van der Waals surface area (Å²) in [5, 5.41) is 9.58. The Balaban J connectivity index is 4.54. The van der Waals surface area contributed by atoms with Gasteiger partial charge in [0.1, 0.15) is 6.61 Å². The van der Waals surface area contributed by atoms with Gasteiger partial charge in [0.15, 0.2) is 12.1 Å². The van der Waals surface area contributed by atoms with E-state index in [1.165, 1.54) is 64.2 Å². The fourth-order valence-electron chi connectivity index (χ4n) is 5.30. The third-order valence-electron chi connectivity index (χ3n) is 8.31. The van der Waals surface area contributed by atoms with Crippen molar-refractivity contribution in [1.29, 1.82) is 0 Å². The molecule has 0 aromatic rings. The maximum atomic E-state index is 12.6. The second-order valence-electron chi connectivity index (χ2n) is 13.9. The monoisotopic (exact) mass is 703 g/mol. The lowest BCUT2D eigenvalue weighted by atomic mass is 10.0. The van der Waals surface area contributed by atoms with Crippen LogP contribution in [0.5, 0.6) is 0 Å². The van der Waals surface area contributed by atoms with E-state index in [2.05, 4.69) is 19.9 Å². The first kappa shape index (κ1) is 47.0. The molecule has 0 aliphatic heterocycles. The molecule has 0 saturated carbocycles. The molecule has 0 bridgehead atoms. The lowest BCUT2D eigenvalue weighted by Crippen LogP contribution is -2.50. The van der Waals surface area contributed by atoms with E-state index in [-0.39, 0.29) is 42.7 Å². The summed E-state index contributed by atoms with van der Waals surface area (Å²) in [5.41, 5.74) is 0. The van der Waals surface area contributed by atoms with Crippen molar-refractivity contribution in [3.05, 3.63) is 60.8 Å². The molecule has 0 fully saturated rings. The van der Waals surface area contributed by atoms with E-state index in [9.17, 15) is 19.5 Å². The van der Waals surface area contributed by atoms with Crippen molar-refractivity contribution in [3.8, 4) is 0 Å². The quantitative estimate of drug-likeness (QED) is 0.0315. The van der Waals surface area contributed by atoms with E-state index < -0.39 is 18.1 Å². The summed E-state index contributed by atoms with van der Waals surface area (Å²) in [7, 11) is 5.49. The zero-order valence-corrected chi connectivity index (χ0v) is 32.3. The first-order valence-electron chi connectivity index (χ1n) is 19.4. The van der Waals surface area contributed by atoms with Gasteiger partial charge in [-0.05, 0) is 25.7 Å². The number of carboxylic acids is 1. The van der Waals surface area contributed by atoms with Crippen molar-refractivity contribution in [2.75, 3.05) is 41.0 Å². The van der Waals surface area contributed by atoms with E-state index in [1.807, 2.05) is 75.8 Å². The van der Waals surface area contributed by atoms with Gasteiger partial charge in [-0.25, -0.2) is 4.79 Å². The molecule has 2 unspecified atom stereocenters. The average Bonchev–Trinajstić information content (AvgIpc) is 3.06. The fourth-order valence-corrected chi connectivity index (χ4v) is 5.30. The summed E-state index contributed by atoms with van der Waals surface area (Å²) in [4.78, 5) is 36.8. The molecular formula is C42H72NO7+. The number of ether oxygens (including phenoxy) is 3. The predicted molar refractivity (Wildman–Crippen MR) is 206 cm³/mol. The number of carbonyl (C=O) groups is 3. The molecule has 0 aromatic carbocycles. The molecule has 50 heavy (non-hydrogen) atoms. The Morgan fingerprint density at radius 2 is 1.12 bits per heavy atom. The smallest absolute Gasteiger partial charge is 0.362 e. The fraction of sp³-hybridized carbons (Fsp3) is 0.690. The van der Waals surface area contributed by atoms with Gasteiger partial charge in [-0.15, -0.1) is 0 Å². The third-order valence-corrected chi connectivity index (χ3v) is 8.31. The molecule has 0 radical (unpaired) electrons. The van der Waals surface area contributed by atoms with Crippen molar-refractivity contribution >= 4 is 17.9 Å². The molecule has 0 saturated heterocycles. The standard InChI is InChI=1S/C42H71NO7/c1-6-8-10-12-14-16-18-20-22-24-26-28-30-32-40(44)49-37-38(36-48-35-34-39(42(46)47)43(3,4)5)50-41(45)33-31-29-27-25-23-21-19-17-15-13-11-9-7-2/h8,10,12,14,16,18,20,22,24,26,38-39H,6-7,9,11,13,15,17,19,21,23,25,27-37H2,1-5H3/p+1/b10-8+,14-12+,18-16+,22-20+,26-24+. The number of nitrogens with zero attached hydrogens (tertiary/aromatic N) is 1. The molecule has 0 aromatic heterocycles. The Kier molecular flexibility index (Phi) is 31.2. The van der Waals surface area contributed by atoms with E-state index in [0.717, 1.165) is 32.1 Å². The highest BCUT2D eigenvalue weighted by Gasteiger charge is 2.31. The van der Waals surface area contributed by atoms with Gasteiger partial charge in [-0.3, -0.25) is 9.59 Å². The van der Waals surface area contributed by atoms with Gasteiger partial charge >= 0.3 is 17.9 Å². The van der Waals surface area contributed by atoms with Crippen LogP contribution in [0.25, 0.3) is 0 Å². The Hall–Kier alpha value is -2.97.